The molecule has 2 aromatic carbocycles. The number of rotatable bonds is 2. The number of hydrogen-bond donors (Lipinski definition) is 1. The van der Waals surface area contributed by atoms with E-state index >= 15 is 0 Å². The number of hydrogen-bond acceptors (Lipinski definition) is 1. The first-order chi connectivity index (χ1) is 9.25. The lowest BCUT2D eigenvalue weighted by Crippen LogP contribution is -2.36. The Morgan fingerprint density at radius 1 is 1.05 bits per heavy atom. The Hall–Kier alpha value is -2.09. The van der Waals surface area contributed by atoms with E-state index in [1.54, 1.807) is 0 Å². The van der Waals surface area contributed by atoms with E-state index in [9.17, 15) is 4.79 Å². The van der Waals surface area contributed by atoms with Gasteiger partial charge in [-0.3, -0.25) is 4.79 Å². The average molecular weight is 251 g/mol. The van der Waals surface area contributed by atoms with Crippen molar-refractivity contribution in [1.29, 1.82) is 0 Å². The fourth-order valence-electron chi connectivity index (χ4n) is 2.81. The van der Waals surface area contributed by atoms with Crippen LogP contribution in [0.2, 0.25) is 0 Å². The van der Waals surface area contributed by atoms with Crippen molar-refractivity contribution in [2.45, 2.75) is 25.3 Å². The zero-order chi connectivity index (χ0) is 13.2. The second-order valence-electron chi connectivity index (χ2n) is 5.14. The van der Waals surface area contributed by atoms with Gasteiger partial charge in [-0.25, -0.2) is 0 Å². The molecule has 0 saturated carbocycles. The molecule has 2 heteroatoms. The molecule has 2 nitrogen and oxygen atoms in total. The number of amides is 1. The van der Waals surface area contributed by atoms with Crippen molar-refractivity contribution in [3.05, 3.63) is 71.3 Å². The highest BCUT2D eigenvalue weighted by molar-refractivity contribution is 5.94. The van der Waals surface area contributed by atoms with Crippen LogP contribution in [-0.2, 0) is 6.42 Å². The molecular formula is C17H17NO. The summed E-state index contributed by atoms with van der Waals surface area (Å²) in [7, 11) is 0. The van der Waals surface area contributed by atoms with Crippen LogP contribution in [-0.4, -0.2) is 11.9 Å². The summed E-state index contributed by atoms with van der Waals surface area (Å²) in [6.45, 7) is 2.18. The number of nitrogens with one attached hydrogen (secondary N) is 1. The smallest absolute Gasteiger partial charge is 0.251 e. The second-order valence-corrected chi connectivity index (χ2v) is 5.14. The molecule has 1 aliphatic rings. The van der Waals surface area contributed by atoms with Gasteiger partial charge in [-0.1, -0.05) is 49.4 Å². The lowest BCUT2D eigenvalue weighted by atomic mass is 10.0. The summed E-state index contributed by atoms with van der Waals surface area (Å²) in [5.41, 5.74) is 3.44. The Kier molecular flexibility index (Phi) is 3.08. The monoisotopic (exact) mass is 251 g/mol. The van der Waals surface area contributed by atoms with Crippen molar-refractivity contribution >= 4 is 5.91 Å². The van der Waals surface area contributed by atoms with Crippen molar-refractivity contribution in [2.24, 2.45) is 0 Å². The van der Waals surface area contributed by atoms with Gasteiger partial charge < -0.3 is 5.32 Å². The highest BCUT2D eigenvalue weighted by Gasteiger charge is 2.29. The predicted molar refractivity (Wildman–Crippen MR) is 76.3 cm³/mol. The zero-order valence-corrected chi connectivity index (χ0v) is 11.0. The molecule has 19 heavy (non-hydrogen) atoms. The van der Waals surface area contributed by atoms with Crippen LogP contribution in [0.15, 0.2) is 54.6 Å². The number of carbonyl (C=O) groups excluding carboxylic acids is 1. The van der Waals surface area contributed by atoms with E-state index in [4.69, 9.17) is 0 Å². The quantitative estimate of drug-likeness (QED) is 0.873. The Balaban J connectivity index is 1.75. The number of benzene rings is 2. The molecule has 1 amide bonds. The SMILES string of the molecule is CC1c2ccccc2CC1NC(=O)c1ccccc1. The zero-order valence-electron chi connectivity index (χ0n) is 11.0. The normalized spacial score (nSPS) is 20.9. The van der Waals surface area contributed by atoms with Crippen LogP contribution < -0.4 is 5.32 Å². The largest absolute Gasteiger partial charge is 0.348 e. The van der Waals surface area contributed by atoms with Crippen LogP contribution in [0, 0.1) is 0 Å². The standard InChI is InChI=1S/C17H17NO/c1-12-15-10-6-5-9-14(15)11-16(12)18-17(19)13-7-3-2-4-8-13/h2-10,12,16H,11H2,1H3,(H,18,19). The van der Waals surface area contributed by atoms with Crippen LogP contribution in [0.25, 0.3) is 0 Å². The molecule has 3 rings (SSSR count). The van der Waals surface area contributed by atoms with Crippen molar-refractivity contribution in [3.63, 3.8) is 0 Å². The molecule has 1 aliphatic carbocycles. The van der Waals surface area contributed by atoms with Crippen LogP contribution in [0.5, 0.6) is 0 Å². The van der Waals surface area contributed by atoms with E-state index in [-0.39, 0.29) is 11.9 Å². The summed E-state index contributed by atoms with van der Waals surface area (Å²) >= 11 is 0. The molecule has 0 aromatic heterocycles. The fourth-order valence-corrected chi connectivity index (χ4v) is 2.81. The lowest BCUT2D eigenvalue weighted by Gasteiger charge is -2.18. The summed E-state index contributed by atoms with van der Waals surface area (Å²) in [5, 5.41) is 3.15. The van der Waals surface area contributed by atoms with Crippen molar-refractivity contribution in [1.82, 2.24) is 5.32 Å². The molecule has 0 spiro atoms. The second kappa shape index (κ2) is 4.88. The summed E-state index contributed by atoms with van der Waals surface area (Å²) in [4.78, 5) is 12.2. The van der Waals surface area contributed by atoms with Gasteiger partial charge in [0, 0.05) is 17.5 Å². The number of carbonyl (C=O) groups is 1. The third-order valence-electron chi connectivity index (χ3n) is 3.94. The minimum Gasteiger partial charge on any atom is -0.348 e. The highest BCUT2D eigenvalue weighted by atomic mass is 16.1. The summed E-state index contributed by atoms with van der Waals surface area (Å²) in [6.07, 6.45) is 0.927. The third-order valence-corrected chi connectivity index (χ3v) is 3.94. The van der Waals surface area contributed by atoms with Gasteiger partial charge in [0.2, 0.25) is 0 Å². The van der Waals surface area contributed by atoms with Crippen LogP contribution in [0.1, 0.15) is 34.3 Å². The van der Waals surface area contributed by atoms with E-state index in [2.05, 4.69) is 36.5 Å². The Labute approximate surface area is 113 Å². The molecule has 2 atom stereocenters. The minimum absolute atomic E-state index is 0.0188. The maximum atomic E-state index is 12.2. The highest BCUT2D eigenvalue weighted by Crippen LogP contribution is 2.32. The van der Waals surface area contributed by atoms with Crippen LogP contribution in [0.4, 0.5) is 0 Å². The van der Waals surface area contributed by atoms with Gasteiger partial charge in [0.25, 0.3) is 5.91 Å². The topological polar surface area (TPSA) is 29.1 Å². The van der Waals surface area contributed by atoms with E-state index in [1.165, 1.54) is 11.1 Å². The first-order valence-electron chi connectivity index (χ1n) is 6.69. The first kappa shape index (κ1) is 12.0. The van der Waals surface area contributed by atoms with E-state index < -0.39 is 0 Å². The molecule has 2 aromatic rings. The maximum absolute atomic E-state index is 12.2. The molecule has 0 bridgehead atoms. The molecule has 2 unspecified atom stereocenters. The molecule has 0 fully saturated rings. The predicted octanol–water partition coefficient (Wildman–Crippen LogP) is 3.14. The number of fused-ring (bicyclic) bond motifs is 1. The average Bonchev–Trinajstić information content (AvgIpc) is 2.77. The maximum Gasteiger partial charge on any atom is 0.251 e. The lowest BCUT2D eigenvalue weighted by molar-refractivity contribution is 0.0934. The Morgan fingerprint density at radius 3 is 2.47 bits per heavy atom. The van der Waals surface area contributed by atoms with Gasteiger partial charge in [-0.15, -0.1) is 0 Å². The molecule has 0 radical (unpaired) electrons. The molecule has 0 saturated heterocycles. The Morgan fingerprint density at radius 2 is 1.74 bits per heavy atom. The van der Waals surface area contributed by atoms with Gasteiger partial charge >= 0.3 is 0 Å². The molecule has 0 aliphatic heterocycles. The summed E-state index contributed by atoms with van der Waals surface area (Å²) in [6, 6.07) is 18.0. The van der Waals surface area contributed by atoms with Gasteiger partial charge in [0.15, 0.2) is 0 Å². The minimum atomic E-state index is 0.0188. The van der Waals surface area contributed by atoms with E-state index in [0.29, 0.717) is 5.92 Å². The van der Waals surface area contributed by atoms with Gasteiger partial charge in [0.1, 0.15) is 0 Å². The molecule has 96 valence electrons. The van der Waals surface area contributed by atoms with Crippen molar-refractivity contribution in [3.8, 4) is 0 Å². The van der Waals surface area contributed by atoms with Crippen LogP contribution >= 0.6 is 0 Å². The molecule has 0 heterocycles. The first-order valence-corrected chi connectivity index (χ1v) is 6.69. The molecular weight excluding hydrogens is 234 g/mol. The van der Waals surface area contributed by atoms with Gasteiger partial charge in [0.05, 0.1) is 0 Å². The van der Waals surface area contributed by atoms with Gasteiger partial charge in [-0.2, -0.15) is 0 Å². The third kappa shape index (κ3) is 2.26. The van der Waals surface area contributed by atoms with E-state index in [1.807, 2.05) is 30.3 Å². The van der Waals surface area contributed by atoms with Crippen LogP contribution in [0.3, 0.4) is 0 Å². The van der Waals surface area contributed by atoms with Crippen molar-refractivity contribution in [2.75, 3.05) is 0 Å². The fraction of sp³-hybridized carbons (Fsp3) is 0.235. The van der Waals surface area contributed by atoms with E-state index in [0.717, 1.165) is 12.0 Å². The van der Waals surface area contributed by atoms with Crippen molar-refractivity contribution < 1.29 is 4.79 Å². The molecule has 1 N–H and O–H groups in total. The Bertz CT molecular complexity index is 591. The summed E-state index contributed by atoms with van der Waals surface area (Å²) < 4.78 is 0. The summed E-state index contributed by atoms with van der Waals surface area (Å²) in [5.74, 6) is 0.397. The van der Waals surface area contributed by atoms with Gasteiger partial charge in [-0.05, 0) is 29.7 Å².